The van der Waals surface area contributed by atoms with Crippen molar-refractivity contribution in [2.24, 2.45) is 17.8 Å². The standard InChI is InChI=1S/C22H37N3O4/c1-21(2,3)29-20(28)23-6-5-7-25(4)19(27)11-18(26)24-22-12-15-8-16(13-22)10-17(9-15)14-22/h15-17H,5-14H2,1-4H3,(H,23,28)(H,24,26). The molecule has 4 rings (SSSR count). The number of hydrogen-bond donors (Lipinski definition) is 2. The van der Waals surface area contributed by atoms with Gasteiger partial charge in [0.15, 0.2) is 0 Å². The van der Waals surface area contributed by atoms with Crippen molar-refractivity contribution in [3.05, 3.63) is 0 Å². The van der Waals surface area contributed by atoms with Crippen LogP contribution >= 0.6 is 0 Å². The van der Waals surface area contributed by atoms with E-state index in [1.807, 2.05) is 20.8 Å². The van der Waals surface area contributed by atoms with Crippen LogP contribution in [0.2, 0.25) is 0 Å². The molecule has 0 aromatic rings. The van der Waals surface area contributed by atoms with Crippen LogP contribution in [-0.4, -0.2) is 54.1 Å². The monoisotopic (exact) mass is 407 g/mol. The summed E-state index contributed by atoms with van der Waals surface area (Å²) in [5.74, 6) is 1.97. The van der Waals surface area contributed by atoms with Crippen molar-refractivity contribution in [1.82, 2.24) is 15.5 Å². The predicted molar refractivity (Wildman–Crippen MR) is 110 cm³/mol. The number of nitrogens with one attached hydrogen (secondary N) is 2. The summed E-state index contributed by atoms with van der Waals surface area (Å²) in [5.41, 5.74) is -0.580. The number of ether oxygens (including phenoxy) is 1. The van der Waals surface area contributed by atoms with Gasteiger partial charge in [0.25, 0.3) is 0 Å². The Morgan fingerprint density at radius 3 is 2.10 bits per heavy atom. The van der Waals surface area contributed by atoms with Gasteiger partial charge in [0.05, 0.1) is 0 Å². The Kier molecular flexibility index (Phi) is 6.44. The quantitative estimate of drug-likeness (QED) is 0.502. The highest BCUT2D eigenvalue weighted by Crippen LogP contribution is 2.55. The molecule has 4 fully saturated rings. The Morgan fingerprint density at radius 1 is 1.03 bits per heavy atom. The molecule has 0 spiro atoms. The van der Waals surface area contributed by atoms with E-state index in [4.69, 9.17) is 4.74 Å². The molecule has 2 N–H and O–H groups in total. The maximum atomic E-state index is 12.6. The minimum Gasteiger partial charge on any atom is -0.444 e. The van der Waals surface area contributed by atoms with Crippen LogP contribution in [0.25, 0.3) is 0 Å². The molecule has 7 nitrogen and oxygen atoms in total. The Hall–Kier alpha value is -1.79. The van der Waals surface area contributed by atoms with Crippen molar-refractivity contribution in [2.45, 2.75) is 83.3 Å². The van der Waals surface area contributed by atoms with E-state index in [-0.39, 0.29) is 23.8 Å². The molecule has 4 bridgehead atoms. The van der Waals surface area contributed by atoms with Gasteiger partial charge in [-0.25, -0.2) is 4.79 Å². The number of carbonyl (C=O) groups is 3. The van der Waals surface area contributed by atoms with Crippen molar-refractivity contribution in [3.8, 4) is 0 Å². The summed E-state index contributed by atoms with van der Waals surface area (Å²) >= 11 is 0. The van der Waals surface area contributed by atoms with Crippen LogP contribution in [0.5, 0.6) is 0 Å². The van der Waals surface area contributed by atoms with E-state index in [2.05, 4.69) is 10.6 Å². The highest BCUT2D eigenvalue weighted by molar-refractivity contribution is 5.97. The average molecular weight is 408 g/mol. The van der Waals surface area contributed by atoms with Gasteiger partial charge < -0.3 is 20.3 Å². The number of hydrogen-bond acceptors (Lipinski definition) is 4. The summed E-state index contributed by atoms with van der Waals surface area (Å²) < 4.78 is 5.18. The number of rotatable bonds is 7. The molecule has 0 aromatic heterocycles. The fourth-order valence-electron chi connectivity index (χ4n) is 5.82. The van der Waals surface area contributed by atoms with Gasteiger partial charge in [0.1, 0.15) is 12.0 Å². The van der Waals surface area contributed by atoms with Gasteiger partial charge in [-0.3, -0.25) is 9.59 Å². The molecule has 164 valence electrons. The lowest BCUT2D eigenvalue weighted by atomic mass is 9.53. The summed E-state index contributed by atoms with van der Waals surface area (Å²) in [6, 6.07) is 0. The molecular formula is C22H37N3O4. The van der Waals surface area contributed by atoms with Crippen LogP contribution in [0, 0.1) is 17.8 Å². The molecule has 29 heavy (non-hydrogen) atoms. The second-order valence-corrected chi connectivity index (χ2v) is 10.5. The van der Waals surface area contributed by atoms with Gasteiger partial charge >= 0.3 is 6.09 Å². The van der Waals surface area contributed by atoms with E-state index in [0.717, 1.165) is 37.0 Å². The van der Waals surface area contributed by atoms with Crippen LogP contribution in [0.3, 0.4) is 0 Å². The molecule has 3 amide bonds. The number of carbonyl (C=O) groups excluding carboxylic acids is 3. The minimum absolute atomic E-state index is 0.0536. The first-order chi connectivity index (χ1) is 13.5. The molecule has 0 atom stereocenters. The third-order valence-electron chi connectivity index (χ3n) is 6.52. The second kappa shape index (κ2) is 8.52. The molecule has 4 saturated carbocycles. The molecule has 0 saturated heterocycles. The van der Waals surface area contributed by atoms with Gasteiger partial charge in [-0.1, -0.05) is 0 Å². The molecule has 0 aliphatic heterocycles. The number of amides is 3. The third-order valence-corrected chi connectivity index (χ3v) is 6.52. The van der Waals surface area contributed by atoms with Gasteiger partial charge in [0, 0.05) is 25.7 Å². The zero-order valence-corrected chi connectivity index (χ0v) is 18.4. The number of nitrogens with zero attached hydrogens (tertiary/aromatic N) is 1. The molecule has 7 heteroatoms. The van der Waals surface area contributed by atoms with E-state index in [9.17, 15) is 14.4 Å². The molecule has 0 heterocycles. The molecule has 4 aliphatic carbocycles. The van der Waals surface area contributed by atoms with E-state index in [1.54, 1.807) is 11.9 Å². The fourth-order valence-corrected chi connectivity index (χ4v) is 5.82. The van der Waals surface area contributed by atoms with Crippen molar-refractivity contribution < 1.29 is 19.1 Å². The van der Waals surface area contributed by atoms with Crippen molar-refractivity contribution >= 4 is 17.9 Å². The van der Waals surface area contributed by atoms with Crippen molar-refractivity contribution in [1.29, 1.82) is 0 Å². The lowest BCUT2D eigenvalue weighted by Crippen LogP contribution is -2.60. The molecule has 0 aromatic carbocycles. The normalized spacial score (nSPS) is 30.0. The first kappa shape index (κ1) is 21.9. The number of alkyl carbamates (subject to hydrolysis) is 1. The molecule has 0 unspecified atom stereocenters. The Balaban J connectivity index is 1.35. The van der Waals surface area contributed by atoms with Gasteiger partial charge in [-0.05, 0) is 83.5 Å². The van der Waals surface area contributed by atoms with Crippen LogP contribution in [0.4, 0.5) is 4.79 Å². The first-order valence-corrected chi connectivity index (χ1v) is 11.1. The van der Waals surface area contributed by atoms with E-state index in [1.165, 1.54) is 19.3 Å². The van der Waals surface area contributed by atoms with E-state index >= 15 is 0 Å². The maximum absolute atomic E-state index is 12.6. The van der Waals surface area contributed by atoms with E-state index in [0.29, 0.717) is 19.5 Å². The zero-order valence-electron chi connectivity index (χ0n) is 18.4. The smallest absolute Gasteiger partial charge is 0.407 e. The topological polar surface area (TPSA) is 87.7 Å². The van der Waals surface area contributed by atoms with Gasteiger partial charge in [-0.2, -0.15) is 0 Å². The van der Waals surface area contributed by atoms with E-state index < -0.39 is 11.7 Å². The highest BCUT2D eigenvalue weighted by Gasteiger charge is 2.51. The zero-order chi connectivity index (χ0) is 21.2. The average Bonchev–Trinajstić information content (AvgIpc) is 2.54. The van der Waals surface area contributed by atoms with Gasteiger partial charge in [-0.15, -0.1) is 0 Å². The Morgan fingerprint density at radius 2 is 1.59 bits per heavy atom. The summed E-state index contributed by atoms with van der Waals surface area (Å²) in [6.45, 7) is 6.35. The van der Waals surface area contributed by atoms with Crippen LogP contribution in [-0.2, 0) is 14.3 Å². The SMILES string of the molecule is CN(CCCNC(=O)OC(C)(C)C)C(=O)CC(=O)NC12CC3CC(CC(C3)C1)C2. The van der Waals surface area contributed by atoms with Crippen LogP contribution < -0.4 is 10.6 Å². The summed E-state index contributed by atoms with van der Waals surface area (Å²) in [7, 11) is 1.70. The largest absolute Gasteiger partial charge is 0.444 e. The van der Waals surface area contributed by atoms with Crippen LogP contribution in [0.15, 0.2) is 0 Å². The summed E-state index contributed by atoms with van der Waals surface area (Å²) in [5, 5.41) is 5.94. The predicted octanol–water partition coefficient (Wildman–Crippen LogP) is 2.83. The van der Waals surface area contributed by atoms with Gasteiger partial charge in [0.2, 0.25) is 11.8 Å². The van der Waals surface area contributed by atoms with Crippen molar-refractivity contribution in [2.75, 3.05) is 20.1 Å². The summed E-state index contributed by atoms with van der Waals surface area (Å²) in [6.07, 6.45) is 7.30. The maximum Gasteiger partial charge on any atom is 0.407 e. The highest BCUT2D eigenvalue weighted by atomic mass is 16.6. The lowest BCUT2D eigenvalue weighted by molar-refractivity contribution is -0.137. The minimum atomic E-state index is -0.527. The third kappa shape index (κ3) is 6.09. The molecular weight excluding hydrogens is 370 g/mol. The lowest BCUT2D eigenvalue weighted by Gasteiger charge is -2.56. The first-order valence-electron chi connectivity index (χ1n) is 11.1. The second-order valence-electron chi connectivity index (χ2n) is 10.5. The van der Waals surface area contributed by atoms with Crippen molar-refractivity contribution in [3.63, 3.8) is 0 Å². The Bertz CT molecular complexity index is 605. The summed E-state index contributed by atoms with van der Waals surface area (Å²) in [4.78, 5) is 38.2. The molecule has 4 aliphatic rings. The van der Waals surface area contributed by atoms with Crippen LogP contribution in [0.1, 0.15) is 72.1 Å². The molecule has 0 radical (unpaired) electrons. The Labute approximate surface area is 174 Å². The fraction of sp³-hybridized carbons (Fsp3) is 0.864.